The molecule has 17 heteroatoms. The number of ether oxygens (including phenoxy) is 9. The number of methoxy groups -OCH3 is 1. The minimum atomic E-state index is -2.02. The molecule has 1 aliphatic carbocycles. The van der Waals surface area contributed by atoms with Crippen molar-refractivity contribution in [1.29, 1.82) is 0 Å². The van der Waals surface area contributed by atoms with E-state index in [4.69, 9.17) is 68.6 Å². The van der Waals surface area contributed by atoms with Crippen LogP contribution in [-0.2, 0) is 44.3 Å². The monoisotopic (exact) mass is 993 g/mol. The lowest BCUT2D eigenvalue weighted by molar-refractivity contribution is -0.0227. The Kier molecular flexibility index (Phi) is 22.4. The van der Waals surface area contributed by atoms with Gasteiger partial charge in [-0.25, -0.2) is 9.51 Å². The first-order chi connectivity index (χ1) is 33.5. The maximum atomic E-state index is 6.97. The lowest BCUT2D eigenvalue weighted by Gasteiger charge is -2.39. The van der Waals surface area contributed by atoms with Crippen molar-refractivity contribution in [3.8, 4) is 22.6 Å². The predicted molar refractivity (Wildman–Crippen MR) is 281 cm³/mol. The normalized spacial score (nSPS) is 17.4. The molecule has 70 heavy (non-hydrogen) atoms. The number of aromatic nitrogens is 2. The maximum absolute atomic E-state index is 6.97. The topological polar surface area (TPSA) is 186 Å². The molecular weight excluding hydrogens is 909 g/mol. The zero-order valence-corrected chi connectivity index (χ0v) is 44.9. The molecule has 390 valence electrons. The lowest BCUT2D eigenvalue weighted by atomic mass is 9.75. The van der Waals surface area contributed by atoms with E-state index in [2.05, 4.69) is 91.1 Å². The summed E-state index contributed by atoms with van der Waals surface area (Å²) in [5, 5.41) is 8.85. The quantitative estimate of drug-likeness (QED) is 0.0179. The van der Waals surface area contributed by atoms with Crippen LogP contribution in [0.15, 0.2) is 65.9 Å². The molecule has 1 saturated carbocycles. The van der Waals surface area contributed by atoms with Crippen molar-refractivity contribution in [2.75, 3.05) is 118 Å². The Morgan fingerprint density at radius 3 is 1.74 bits per heavy atom. The summed E-state index contributed by atoms with van der Waals surface area (Å²) in [5.41, 5.74) is 19.7. The largest absolute Gasteiger partial charge is 0.543 e. The molecule has 1 aliphatic rings. The lowest BCUT2D eigenvalue weighted by Crippen LogP contribution is -2.51. The molecule has 2 heterocycles. The Morgan fingerprint density at radius 2 is 1.26 bits per heavy atom. The maximum Gasteiger partial charge on any atom is 0.250 e. The number of rotatable bonds is 33. The van der Waals surface area contributed by atoms with Gasteiger partial charge in [0.1, 0.15) is 23.9 Å². The van der Waals surface area contributed by atoms with Gasteiger partial charge in [-0.1, -0.05) is 53.7 Å². The fraction of sp³-hybridized carbons (Fsp3) is 0.623. The summed E-state index contributed by atoms with van der Waals surface area (Å²) in [6, 6.07) is 16.4. The molecule has 0 bridgehead atoms. The first kappa shape index (κ1) is 56.8. The van der Waals surface area contributed by atoms with Crippen LogP contribution in [0.3, 0.4) is 0 Å². The van der Waals surface area contributed by atoms with Crippen molar-refractivity contribution in [2.45, 2.75) is 97.4 Å². The molecule has 2 aromatic carbocycles. The third-order valence-corrected chi connectivity index (χ3v) is 18.1. The Balaban J connectivity index is 1.07. The van der Waals surface area contributed by atoms with Gasteiger partial charge in [-0.15, -0.1) is 0 Å². The first-order valence-electron chi connectivity index (χ1n) is 25.0. The van der Waals surface area contributed by atoms with Gasteiger partial charge in [-0.2, -0.15) is 5.10 Å². The summed E-state index contributed by atoms with van der Waals surface area (Å²) < 4.78 is 58.2. The van der Waals surface area contributed by atoms with Crippen molar-refractivity contribution in [1.82, 2.24) is 9.61 Å². The summed E-state index contributed by atoms with van der Waals surface area (Å²) >= 11 is 0. The van der Waals surface area contributed by atoms with Gasteiger partial charge < -0.3 is 63.8 Å². The molecule has 5 rings (SSSR count). The Morgan fingerprint density at radius 1 is 0.743 bits per heavy atom. The number of nitrogens with one attached hydrogen (secondary N) is 1. The number of benzene rings is 2. The number of hydrogen-bond donors (Lipinski definition) is 3. The van der Waals surface area contributed by atoms with Gasteiger partial charge in [0, 0.05) is 35.9 Å². The van der Waals surface area contributed by atoms with Crippen LogP contribution in [0.4, 0.5) is 11.4 Å². The van der Waals surface area contributed by atoms with Crippen LogP contribution < -0.4 is 25.9 Å². The summed E-state index contributed by atoms with van der Waals surface area (Å²) in [5.74, 6) is 2.01. The zero-order chi connectivity index (χ0) is 50.6. The van der Waals surface area contributed by atoms with Crippen molar-refractivity contribution >= 4 is 31.0 Å². The third-order valence-electron chi connectivity index (χ3n) is 13.7. The van der Waals surface area contributed by atoms with Gasteiger partial charge in [0.25, 0.3) is 0 Å². The zero-order valence-electron chi connectivity index (χ0n) is 43.9. The summed E-state index contributed by atoms with van der Waals surface area (Å²) in [7, 11) is -0.372. The number of amidine groups is 1. The average Bonchev–Trinajstić information content (AvgIpc) is 3.84. The van der Waals surface area contributed by atoms with E-state index in [9.17, 15) is 0 Å². The second-order valence-corrected chi connectivity index (χ2v) is 24.7. The highest BCUT2D eigenvalue weighted by atomic mass is 28.4. The number of nitrogens with two attached hydrogens (primary N) is 2. The van der Waals surface area contributed by atoms with E-state index in [-0.39, 0.29) is 22.0 Å². The van der Waals surface area contributed by atoms with Gasteiger partial charge in [0.15, 0.2) is 0 Å². The number of aryl methyl sites for hydroxylation is 1. The number of aliphatic imine (C=N–C) groups is 1. The van der Waals surface area contributed by atoms with E-state index in [1.165, 1.54) is 0 Å². The highest BCUT2D eigenvalue weighted by Crippen LogP contribution is 2.46. The van der Waals surface area contributed by atoms with E-state index >= 15 is 0 Å². The minimum absolute atomic E-state index is 0.0850. The average molecular weight is 993 g/mol. The van der Waals surface area contributed by atoms with Gasteiger partial charge in [-0.3, -0.25) is 0 Å². The number of hydrogen-bond acceptors (Lipinski definition) is 14. The molecule has 0 aliphatic heterocycles. The van der Waals surface area contributed by atoms with E-state index in [1.807, 2.05) is 41.2 Å². The molecular formula is C53H84N6O10Si. The van der Waals surface area contributed by atoms with Gasteiger partial charge in [0.05, 0.1) is 128 Å². The standard InChI is InChI=1S/C53H84N6O10Si/c1-11-40-36-44(69-70(9,10)51(2,3)4)16-17-46(40)57-50(54)45-38-56-59-39-42(37-47(59)49(45)58-48-18-19-53(7,55)52(48,5)6)41-12-14-43(15-13-41)68-35-34-67-33-32-66-31-30-65-29-28-64-27-26-63-25-24-62-23-22-61-21-20-60-8/h12-17,36-39,48,58H,11,18-35,55H2,1-10H3,(H2,54,57)/t48-,53+/m1/s1. The van der Waals surface area contributed by atoms with Crippen molar-refractivity contribution in [3.05, 3.63) is 72.1 Å². The molecule has 2 aromatic heterocycles. The Labute approximate surface area is 418 Å². The van der Waals surface area contributed by atoms with Gasteiger partial charge >= 0.3 is 0 Å². The molecule has 16 nitrogen and oxygen atoms in total. The highest BCUT2D eigenvalue weighted by Gasteiger charge is 2.49. The molecule has 0 radical (unpaired) electrons. The van der Waals surface area contributed by atoms with Crippen LogP contribution in [0.25, 0.3) is 16.6 Å². The van der Waals surface area contributed by atoms with Crippen LogP contribution in [-0.4, -0.2) is 148 Å². The first-order valence-corrected chi connectivity index (χ1v) is 27.9. The fourth-order valence-electron chi connectivity index (χ4n) is 7.69. The fourth-order valence-corrected chi connectivity index (χ4v) is 8.72. The SMILES string of the molecule is CCc1cc(O[Si](C)(C)C(C)(C)C)ccc1N=C(N)c1cnn2cc(-c3ccc(OCCOCCOCCOCCOCCOCCOCCOCCOC)cc3)cc2c1N[C@@H]1CC[C@](C)(N)C1(C)C. The summed E-state index contributed by atoms with van der Waals surface area (Å²) in [6.07, 6.45) is 6.46. The highest BCUT2D eigenvalue weighted by molar-refractivity contribution is 6.74. The molecule has 4 aromatic rings. The second-order valence-electron chi connectivity index (χ2n) is 20.0. The van der Waals surface area contributed by atoms with E-state index in [0.717, 1.165) is 69.9 Å². The minimum Gasteiger partial charge on any atom is -0.543 e. The molecule has 0 amide bonds. The third kappa shape index (κ3) is 16.7. The van der Waals surface area contributed by atoms with Crippen LogP contribution >= 0.6 is 0 Å². The second kappa shape index (κ2) is 27.6. The number of fused-ring (bicyclic) bond motifs is 1. The van der Waals surface area contributed by atoms with Gasteiger partial charge in [0.2, 0.25) is 8.32 Å². The van der Waals surface area contributed by atoms with Crippen LogP contribution in [0.2, 0.25) is 18.1 Å². The van der Waals surface area contributed by atoms with Gasteiger partial charge in [-0.05, 0) is 91.8 Å². The van der Waals surface area contributed by atoms with Crippen molar-refractivity contribution in [2.24, 2.45) is 21.9 Å². The van der Waals surface area contributed by atoms with Crippen LogP contribution in [0.5, 0.6) is 11.5 Å². The van der Waals surface area contributed by atoms with E-state index < -0.39 is 8.32 Å². The van der Waals surface area contributed by atoms with Crippen LogP contribution in [0.1, 0.15) is 72.4 Å². The number of anilines is 1. The molecule has 2 atom stereocenters. The molecule has 0 spiro atoms. The van der Waals surface area contributed by atoms with E-state index in [0.29, 0.717) is 112 Å². The van der Waals surface area contributed by atoms with E-state index in [1.54, 1.807) is 7.11 Å². The number of nitrogens with zero attached hydrogens (tertiary/aromatic N) is 3. The van der Waals surface area contributed by atoms with Crippen molar-refractivity contribution < 1.29 is 47.1 Å². The van der Waals surface area contributed by atoms with Crippen LogP contribution in [0, 0.1) is 5.41 Å². The summed E-state index contributed by atoms with van der Waals surface area (Å²) in [6.45, 7) is 28.1. The molecule has 5 N–H and O–H groups in total. The summed E-state index contributed by atoms with van der Waals surface area (Å²) in [4.78, 5) is 5.04. The predicted octanol–water partition coefficient (Wildman–Crippen LogP) is 8.44. The smallest absolute Gasteiger partial charge is 0.250 e. The Bertz CT molecular complexity index is 2190. The molecule has 0 saturated heterocycles. The van der Waals surface area contributed by atoms with Crippen molar-refractivity contribution in [3.63, 3.8) is 0 Å². The molecule has 1 fully saturated rings. The molecule has 0 unspecified atom stereocenters. The Hall–Kier alpha value is -4.14.